The Morgan fingerprint density at radius 3 is 2.75 bits per heavy atom. The molecule has 0 radical (unpaired) electrons. The number of hydrogen-bond donors (Lipinski definition) is 1. The molecular weight excluding hydrogens is 242 g/mol. The van der Waals surface area contributed by atoms with Gasteiger partial charge in [-0.1, -0.05) is 11.3 Å². The first kappa shape index (κ1) is 9.88. The number of aliphatic hydroxyl groups excluding tert-OH is 1. The summed E-state index contributed by atoms with van der Waals surface area (Å²) in [7, 11) is 1.87. The summed E-state index contributed by atoms with van der Waals surface area (Å²) in [6, 6.07) is 0. The van der Waals surface area contributed by atoms with Gasteiger partial charge in [-0.25, -0.2) is 0 Å². The fraction of sp³-hybridized carbons (Fsp3) is 0.667. The van der Waals surface area contributed by atoms with Crippen LogP contribution >= 0.6 is 27.3 Å². The Bertz CT molecular complexity index is 253. The van der Waals surface area contributed by atoms with Gasteiger partial charge < -0.3 is 10.0 Å². The second kappa shape index (κ2) is 4.15. The van der Waals surface area contributed by atoms with Crippen molar-refractivity contribution in [1.82, 2.24) is 10.2 Å². The second-order valence-electron chi connectivity index (χ2n) is 2.57. The zero-order valence-corrected chi connectivity index (χ0v) is 9.26. The molecule has 0 aliphatic rings. The summed E-state index contributed by atoms with van der Waals surface area (Å²) in [5.74, 6) is 0. The smallest absolute Gasteiger partial charge is 0.208 e. The van der Waals surface area contributed by atoms with Crippen molar-refractivity contribution >= 4 is 32.4 Å². The summed E-state index contributed by atoms with van der Waals surface area (Å²) in [6.45, 7) is 2.31. The van der Waals surface area contributed by atoms with Crippen LogP contribution in [0.2, 0.25) is 0 Å². The van der Waals surface area contributed by atoms with Crippen LogP contribution in [0.3, 0.4) is 0 Å². The molecule has 0 aromatic carbocycles. The van der Waals surface area contributed by atoms with Crippen molar-refractivity contribution in [2.24, 2.45) is 0 Å². The zero-order chi connectivity index (χ0) is 9.14. The summed E-state index contributed by atoms with van der Waals surface area (Å²) in [6.07, 6.45) is -0.349. The van der Waals surface area contributed by atoms with Crippen LogP contribution in [-0.4, -0.2) is 35.0 Å². The Hall–Kier alpha value is -0.200. The Kier molecular flexibility index (Phi) is 3.42. The van der Waals surface area contributed by atoms with Gasteiger partial charge in [0.15, 0.2) is 3.92 Å². The van der Waals surface area contributed by atoms with E-state index in [2.05, 4.69) is 26.1 Å². The molecule has 1 atom stereocenters. The van der Waals surface area contributed by atoms with Crippen LogP contribution in [0.15, 0.2) is 3.92 Å². The minimum Gasteiger partial charge on any atom is -0.392 e. The molecule has 0 amide bonds. The van der Waals surface area contributed by atoms with Crippen LogP contribution in [-0.2, 0) is 0 Å². The highest BCUT2D eigenvalue weighted by Gasteiger charge is 2.08. The van der Waals surface area contributed by atoms with Crippen LogP contribution in [0, 0.1) is 0 Å². The van der Waals surface area contributed by atoms with E-state index in [1.54, 1.807) is 6.92 Å². The highest BCUT2D eigenvalue weighted by Crippen LogP contribution is 2.22. The number of likely N-dealkylation sites (N-methyl/N-ethyl adjacent to an activating group) is 1. The van der Waals surface area contributed by atoms with E-state index in [1.165, 1.54) is 11.3 Å². The average molecular weight is 252 g/mol. The van der Waals surface area contributed by atoms with Gasteiger partial charge in [0.05, 0.1) is 6.10 Å². The molecule has 1 aromatic rings. The van der Waals surface area contributed by atoms with Gasteiger partial charge in [0.25, 0.3) is 0 Å². The summed E-state index contributed by atoms with van der Waals surface area (Å²) in [5, 5.41) is 17.6. The molecule has 1 aromatic heterocycles. The normalized spacial score (nSPS) is 13.0. The monoisotopic (exact) mass is 251 g/mol. The summed E-state index contributed by atoms with van der Waals surface area (Å²) in [5.41, 5.74) is 0. The average Bonchev–Trinajstić information content (AvgIpc) is 2.34. The summed E-state index contributed by atoms with van der Waals surface area (Å²) < 4.78 is 0.759. The molecule has 0 fully saturated rings. The lowest BCUT2D eigenvalue weighted by molar-refractivity contribution is 0.201. The van der Waals surface area contributed by atoms with Crippen LogP contribution < -0.4 is 4.90 Å². The lowest BCUT2D eigenvalue weighted by Gasteiger charge is -2.16. The number of hydrogen-bond acceptors (Lipinski definition) is 5. The lowest BCUT2D eigenvalue weighted by atomic mass is 10.4. The molecule has 1 N–H and O–H groups in total. The SMILES string of the molecule is CC(O)CN(C)c1nnc(Br)s1. The Balaban J connectivity index is 2.58. The topological polar surface area (TPSA) is 49.2 Å². The van der Waals surface area contributed by atoms with E-state index in [4.69, 9.17) is 5.11 Å². The van der Waals surface area contributed by atoms with Gasteiger partial charge in [0.1, 0.15) is 0 Å². The van der Waals surface area contributed by atoms with Crippen molar-refractivity contribution in [3.63, 3.8) is 0 Å². The molecule has 1 heterocycles. The zero-order valence-electron chi connectivity index (χ0n) is 6.86. The van der Waals surface area contributed by atoms with E-state index in [9.17, 15) is 0 Å². The van der Waals surface area contributed by atoms with Crippen molar-refractivity contribution in [2.45, 2.75) is 13.0 Å². The molecule has 0 aliphatic heterocycles. The van der Waals surface area contributed by atoms with E-state index in [0.717, 1.165) is 9.05 Å². The first-order valence-electron chi connectivity index (χ1n) is 3.48. The van der Waals surface area contributed by atoms with Gasteiger partial charge in [-0.05, 0) is 22.9 Å². The molecule has 0 spiro atoms. The van der Waals surface area contributed by atoms with Gasteiger partial charge in [-0.3, -0.25) is 0 Å². The van der Waals surface area contributed by atoms with Crippen LogP contribution in [0.4, 0.5) is 5.13 Å². The number of rotatable bonds is 3. The third kappa shape index (κ3) is 2.69. The Morgan fingerprint density at radius 2 is 2.33 bits per heavy atom. The highest BCUT2D eigenvalue weighted by molar-refractivity contribution is 9.11. The second-order valence-corrected chi connectivity index (χ2v) is 4.80. The summed E-state index contributed by atoms with van der Waals surface area (Å²) >= 11 is 4.67. The predicted octanol–water partition coefficient (Wildman–Crippen LogP) is 1.12. The van der Waals surface area contributed by atoms with Gasteiger partial charge in [0.2, 0.25) is 5.13 Å². The van der Waals surface area contributed by atoms with E-state index in [0.29, 0.717) is 6.54 Å². The summed E-state index contributed by atoms with van der Waals surface area (Å²) in [4.78, 5) is 1.87. The number of aromatic nitrogens is 2. The maximum absolute atomic E-state index is 9.09. The predicted molar refractivity (Wildman–Crippen MR) is 52.6 cm³/mol. The van der Waals surface area contributed by atoms with E-state index >= 15 is 0 Å². The standard InChI is InChI=1S/C6H10BrN3OS/c1-4(11)3-10(2)6-9-8-5(7)12-6/h4,11H,3H2,1-2H3. The highest BCUT2D eigenvalue weighted by atomic mass is 79.9. The van der Waals surface area contributed by atoms with Crippen molar-refractivity contribution in [1.29, 1.82) is 0 Å². The van der Waals surface area contributed by atoms with Gasteiger partial charge in [-0.2, -0.15) is 0 Å². The van der Waals surface area contributed by atoms with Gasteiger partial charge in [-0.15, -0.1) is 10.2 Å². The molecule has 1 unspecified atom stereocenters. The number of nitrogens with zero attached hydrogens (tertiary/aromatic N) is 3. The minimum atomic E-state index is -0.349. The molecule has 0 saturated heterocycles. The van der Waals surface area contributed by atoms with Crippen molar-refractivity contribution in [2.75, 3.05) is 18.5 Å². The third-order valence-corrected chi connectivity index (χ3v) is 2.72. The van der Waals surface area contributed by atoms with Gasteiger partial charge in [0, 0.05) is 13.6 Å². The van der Waals surface area contributed by atoms with Crippen molar-refractivity contribution in [3.8, 4) is 0 Å². The lowest BCUT2D eigenvalue weighted by Crippen LogP contribution is -2.26. The molecule has 0 bridgehead atoms. The molecule has 6 heteroatoms. The quantitative estimate of drug-likeness (QED) is 0.875. The fourth-order valence-electron chi connectivity index (χ4n) is 0.827. The van der Waals surface area contributed by atoms with Crippen LogP contribution in [0.25, 0.3) is 0 Å². The number of anilines is 1. The molecule has 0 aliphatic carbocycles. The van der Waals surface area contributed by atoms with E-state index in [1.807, 2.05) is 11.9 Å². The largest absolute Gasteiger partial charge is 0.392 e. The van der Waals surface area contributed by atoms with E-state index < -0.39 is 0 Å². The molecular formula is C6H10BrN3OS. The maximum Gasteiger partial charge on any atom is 0.208 e. The van der Waals surface area contributed by atoms with Crippen LogP contribution in [0.5, 0.6) is 0 Å². The molecule has 1 rings (SSSR count). The molecule has 4 nitrogen and oxygen atoms in total. The Labute approximate surface area is 83.4 Å². The van der Waals surface area contributed by atoms with Crippen molar-refractivity contribution in [3.05, 3.63) is 3.92 Å². The Morgan fingerprint density at radius 1 is 1.67 bits per heavy atom. The molecule has 0 saturated carbocycles. The van der Waals surface area contributed by atoms with E-state index in [-0.39, 0.29) is 6.10 Å². The van der Waals surface area contributed by atoms with Crippen LogP contribution in [0.1, 0.15) is 6.92 Å². The molecule has 68 valence electrons. The molecule has 12 heavy (non-hydrogen) atoms. The number of aliphatic hydroxyl groups is 1. The number of halogens is 1. The first-order chi connectivity index (χ1) is 5.59. The van der Waals surface area contributed by atoms with Crippen molar-refractivity contribution < 1.29 is 5.11 Å². The van der Waals surface area contributed by atoms with Gasteiger partial charge >= 0.3 is 0 Å². The minimum absolute atomic E-state index is 0.349. The maximum atomic E-state index is 9.09. The third-order valence-electron chi connectivity index (χ3n) is 1.25. The fourth-order valence-corrected chi connectivity index (χ4v) is 1.88. The first-order valence-corrected chi connectivity index (χ1v) is 5.08.